The van der Waals surface area contributed by atoms with Crippen LogP contribution in [0.15, 0.2) is 0 Å². The lowest BCUT2D eigenvalue weighted by atomic mass is 10.0. The fourth-order valence-corrected chi connectivity index (χ4v) is 2.71. The van der Waals surface area contributed by atoms with Crippen molar-refractivity contribution < 1.29 is 14.3 Å². The molecule has 1 saturated heterocycles. The van der Waals surface area contributed by atoms with E-state index < -0.39 is 0 Å². The van der Waals surface area contributed by atoms with Crippen LogP contribution in [0.3, 0.4) is 0 Å². The summed E-state index contributed by atoms with van der Waals surface area (Å²) in [6.45, 7) is 3.48. The first-order valence-electron chi connectivity index (χ1n) is 9.60. The first-order chi connectivity index (χ1) is 10.8. The number of carbonyl (C=O) groups is 1. The molecule has 0 bridgehead atoms. The van der Waals surface area contributed by atoms with Gasteiger partial charge in [0.1, 0.15) is 12.7 Å². The molecular formula is C19H36O3. The van der Waals surface area contributed by atoms with Gasteiger partial charge < -0.3 is 9.47 Å². The number of hydrogen-bond donors (Lipinski definition) is 0. The number of ether oxygens (including phenoxy) is 2. The second-order valence-corrected chi connectivity index (χ2v) is 6.63. The smallest absolute Gasteiger partial charge is 0.305 e. The zero-order chi connectivity index (χ0) is 15.9. The highest BCUT2D eigenvalue weighted by Gasteiger charge is 2.23. The predicted molar refractivity (Wildman–Crippen MR) is 91.0 cm³/mol. The molecule has 1 aliphatic rings. The van der Waals surface area contributed by atoms with Crippen LogP contribution in [0.2, 0.25) is 0 Å². The summed E-state index contributed by atoms with van der Waals surface area (Å²) in [5.74, 6) is -0.0569. The van der Waals surface area contributed by atoms with Crippen molar-refractivity contribution in [3.63, 3.8) is 0 Å². The normalized spacial score (nSPS) is 16.7. The van der Waals surface area contributed by atoms with Crippen molar-refractivity contribution in [3.05, 3.63) is 0 Å². The Balaban J connectivity index is 1.68. The van der Waals surface area contributed by atoms with Gasteiger partial charge in [-0.25, -0.2) is 0 Å². The zero-order valence-corrected chi connectivity index (χ0v) is 14.6. The summed E-state index contributed by atoms with van der Waals surface area (Å²) >= 11 is 0. The Labute approximate surface area is 137 Å². The minimum Gasteiger partial charge on any atom is -0.463 e. The standard InChI is InChI=1S/C19H36O3/c1-2-3-4-5-6-7-8-9-10-11-12-13-14-15-19(20)22-17-18-16-21-18/h18H,2-17H2,1H3/t18-/m0/s1. The van der Waals surface area contributed by atoms with Crippen molar-refractivity contribution in [1.29, 1.82) is 0 Å². The van der Waals surface area contributed by atoms with Gasteiger partial charge in [0.05, 0.1) is 6.61 Å². The average molecular weight is 312 g/mol. The van der Waals surface area contributed by atoms with Gasteiger partial charge in [-0.3, -0.25) is 4.79 Å². The Bertz CT molecular complexity index is 261. The first kappa shape index (κ1) is 19.5. The molecule has 1 heterocycles. The van der Waals surface area contributed by atoms with Crippen molar-refractivity contribution in [2.75, 3.05) is 13.2 Å². The maximum Gasteiger partial charge on any atom is 0.305 e. The monoisotopic (exact) mass is 312 g/mol. The summed E-state index contributed by atoms with van der Waals surface area (Å²) in [7, 11) is 0. The molecule has 1 atom stereocenters. The summed E-state index contributed by atoms with van der Waals surface area (Å²) in [6, 6.07) is 0. The van der Waals surface area contributed by atoms with Crippen molar-refractivity contribution in [2.45, 2.75) is 103 Å². The molecule has 0 spiro atoms. The number of unbranched alkanes of at least 4 members (excludes halogenated alkanes) is 12. The Hall–Kier alpha value is -0.570. The van der Waals surface area contributed by atoms with Crippen LogP contribution < -0.4 is 0 Å². The topological polar surface area (TPSA) is 38.8 Å². The summed E-state index contributed by atoms with van der Waals surface area (Å²) in [5, 5.41) is 0. The average Bonchev–Trinajstić information content (AvgIpc) is 3.34. The van der Waals surface area contributed by atoms with Gasteiger partial charge in [0.2, 0.25) is 0 Å². The van der Waals surface area contributed by atoms with E-state index >= 15 is 0 Å². The lowest BCUT2D eigenvalue weighted by Crippen LogP contribution is -2.09. The van der Waals surface area contributed by atoms with E-state index in [9.17, 15) is 4.79 Å². The molecular weight excluding hydrogens is 276 g/mol. The molecule has 1 fully saturated rings. The van der Waals surface area contributed by atoms with Crippen LogP contribution in [0, 0.1) is 0 Å². The molecule has 3 heteroatoms. The molecule has 0 aliphatic carbocycles. The molecule has 0 unspecified atom stereocenters. The Morgan fingerprint density at radius 3 is 1.77 bits per heavy atom. The number of esters is 1. The molecule has 130 valence electrons. The summed E-state index contributed by atoms with van der Waals surface area (Å²) in [4.78, 5) is 11.4. The van der Waals surface area contributed by atoms with Gasteiger partial charge in [0.15, 0.2) is 0 Å². The maximum atomic E-state index is 11.4. The minimum absolute atomic E-state index is 0.0569. The van der Waals surface area contributed by atoms with E-state index in [0.717, 1.165) is 19.4 Å². The van der Waals surface area contributed by atoms with E-state index in [1.807, 2.05) is 0 Å². The van der Waals surface area contributed by atoms with Crippen molar-refractivity contribution >= 4 is 5.97 Å². The van der Waals surface area contributed by atoms with Crippen LogP contribution in [-0.2, 0) is 14.3 Å². The van der Waals surface area contributed by atoms with E-state index in [0.29, 0.717) is 13.0 Å². The molecule has 1 rings (SSSR count). The Morgan fingerprint density at radius 1 is 0.864 bits per heavy atom. The first-order valence-corrected chi connectivity index (χ1v) is 9.60. The van der Waals surface area contributed by atoms with E-state index in [1.165, 1.54) is 70.6 Å². The highest BCUT2D eigenvalue weighted by atomic mass is 16.6. The van der Waals surface area contributed by atoms with Crippen LogP contribution in [-0.4, -0.2) is 25.3 Å². The Kier molecular flexibility index (Phi) is 12.4. The number of hydrogen-bond acceptors (Lipinski definition) is 3. The second-order valence-electron chi connectivity index (χ2n) is 6.63. The zero-order valence-electron chi connectivity index (χ0n) is 14.6. The third kappa shape index (κ3) is 13.1. The molecule has 0 aromatic heterocycles. The highest BCUT2D eigenvalue weighted by Crippen LogP contribution is 2.13. The number of carbonyl (C=O) groups excluding carboxylic acids is 1. The lowest BCUT2D eigenvalue weighted by Gasteiger charge is -2.04. The summed E-state index contributed by atoms with van der Waals surface area (Å²) in [5.41, 5.74) is 0. The van der Waals surface area contributed by atoms with E-state index in [4.69, 9.17) is 9.47 Å². The number of epoxide rings is 1. The molecule has 1 aliphatic heterocycles. The van der Waals surface area contributed by atoms with Crippen molar-refractivity contribution in [1.82, 2.24) is 0 Å². The predicted octanol–water partition coefficient (Wildman–Crippen LogP) is 5.41. The quantitative estimate of drug-likeness (QED) is 0.217. The van der Waals surface area contributed by atoms with Gasteiger partial charge >= 0.3 is 5.97 Å². The SMILES string of the molecule is CCCCCCCCCCCCCCCC(=O)OC[C@@H]1CO1. The second kappa shape index (κ2) is 14.0. The highest BCUT2D eigenvalue weighted by molar-refractivity contribution is 5.69. The molecule has 0 aromatic rings. The van der Waals surface area contributed by atoms with Gasteiger partial charge in [-0.2, -0.15) is 0 Å². The lowest BCUT2D eigenvalue weighted by molar-refractivity contribution is -0.144. The van der Waals surface area contributed by atoms with E-state index in [2.05, 4.69) is 6.92 Å². The molecule has 0 aromatic carbocycles. The Morgan fingerprint density at radius 2 is 1.32 bits per heavy atom. The molecule has 0 saturated carbocycles. The molecule has 3 nitrogen and oxygen atoms in total. The van der Waals surface area contributed by atoms with Crippen molar-refractivity contribution in [2.24, 2.45) is 0 Å². The van der Waals surface area contributed by atoms with Gasteiger partial charge in [-0.15, -0.1) is 0 Å². The van der Waals surface area contributed by atoms with Crippen LogP contribution in [0.5, 0.6) is 0 Å². The molecule has 22 heavy (non-hydrogen) atoms. The fraction of sp³-hybridized carbons (Fsp3) is 0.947. The number of rotatable bonds is 16. The molecule has 0 N–H and O–H groups in total. The summed E-state index contributed by atoms with van der Waals surface area (Å²) in [6.07, 6.45) is 18.1. The summed E-state index contributed by atoms with van der Waals surface area (Å²) < 4.78 is 10.1. The third-order valence-corrected chi connectivity index (χ3v) is 4.32. The largest absolute Gasteiger partial charge is 0.463 e. The van der Waals surface area contributed by atoms with Crippen LogP contribution in [0.25, 0.3) is 0 Å². The third-order valence-electron chi connectivity index (χ3n) is 4.32. The molecule has 0 radical (unpaired) electrons. The van der Waals surface area contributed by atoms with Gasteiger partial charge in [0, 0.05) is 6.42 Å². The fourth-order valence-electron chi connectivity index (χ4n) is 2.71. The molecule has 0 amide bonds. The van der Waals surface area contributed by atoms with Gasteiger partial charge in [-0.1, -0.05) is 84.0 Å². The van der Waals surface area contributed by atoms with Gasteiger partial charge in [0.25, 0.3) is 0 Å². The van der Waals surface area contributed by atoms with Crippen molar-refractivity contribution in [3.8, 4) is 0 Å². The van der Waals surface area contributed by atoms with E-state index in [-0.39, 0.29) is 12.1 Å². The van der Waals surface area contributed by atoms with Gasteiger partial charge in [-0.05, 0) is 6.42 Å². The van der Waals surface area contributed by atoms with Crippen LogP contribution in [0.4, 0.5) is 0 Å². The maximum absolute atomic E-state index is 11.4. The van der Waals surface area contributed by atoms with Crippen LogP contribution in [0.1, 0.15) is 96.8 Å². The van der Waals surface area contributed by atoms with E-state index in [1.54, 1.807) is 0 Å². The minimum atomic E-state index is -0.0569. The van der Waals surface area contributed by atoms with Crippen LogP contribution >= 0.6 is 0 Å².